The average Bonchev–Trinajstić information content (AvgIpc) is 2.70. The van der Waals surface area contributed by atoms with Crippen LogP contribution >= 0.6 is 0 Å². The van der Waals surface area contributed by atoms with E-state index in [1.165, 1.54) is 0 Å². The summed E-state index contributed by atoms with van der Waals surface area (Å²) in [7, 11) is -3.28. The fourth-order valence-corrected chi connectivity index (χ4v) is 2.68. The molecule has 1 amide bonds. The summed E-state index contributed by atoms with van der Waals surface area (Å²) in [4.78, 5) is 13.5. The molecular weight excluding hydrogens is 266 g/mol. The van der Waals surface area contributed by atoms with Gasteiger partial charge in [-0.2, -0.15) is 0 Å². The highest BCUT2D eigenvalue weighted by atomic mass is 32.2. The van der Waals surface area contributed by atoms with Gasteiger partial charge in [0.2, 0.25) is 15.9 Å². The molecule has 7 heteroatoms. The number of nitrogens with one attached hydrogen (secondary N) is 1. The highest BCUT2D eigenvalue weighted by Gasteiger charge is 2.29. The van der Waals surface area contributed by atoms with Gasteiger partial charge in [0.1, 0.15) is 0 Å². The number of carbonyl (C=O) groups excluding carboxylic acids is 1. The first-order valence-corrected chi connectivity index (χ1v) is 7.86. The molecule has 0 saturated carbocycles. The summed E-state index contributed by atoms with van der Waals surface area (Å²) in [5.41, 5.74) is 6.82. The number of nitrogens with zero attached hydrogens (tertiary/aromatic N) is 1. The molecule has 1 saturated heterocycles. The van der Waals surface area contributed by atoms with Gasteiger partial charge >= 0.3 is 0 Å². The maximum Gasteiger partial charge on any atom is 0.229 e. The van der Waals surface area contributed by atoms with E-state index in [0.717, 1.165) is 11.9 Å². The molecule has 19 heavy (non-hydrogen) atoms. The Bertz CT molecular complexity index is 568. The molecule has 1 aromatic carbocycles. The van der Waals surface area contributed by atoms with E-state index in [0.29, 0.717) is 25.2 Å². The zero-order valence-electron chi connectivity index (χ0n) is 10.7. The van der Waals surface area contributed by atoms with Crippen molar-refractivity contribution in [2.75, 3.05) is 29.0 Å². The van der Waals surface area contributed by atoms with Gasteiger partial charge in [-0.15, -0.1) is 0 Å². The second kappa shape index (κ2) is 5.18. The van der Waals surface area contributed by atoms with Crippen molar-refractivity contribution >= 4 is 27.3 Å². The fourth-order valence-electron chi connectivity index (χ4n) is 2.11. The van der Waals surface area contributed by atoms with Crippen LogP contribution in [0.3, 0.4) is 0 Å². The van der Waals surface area contributed by atoms with Crippen molar-refractivity contribution in [3.8, 4) is 0 Å². The summed E-state index contributed by atoms with van der Waals surface area (Å²) in [5.74, 6) is 0.251. The third kappa shape index (κ3) is 3.45. The Balaban J connectivity index is 2.13. The van der Waals surface area contributed by atoms with Gasteiger partial charge in [0.25, 0.3) is 0 Å². The topological polar surface area (TPSA) is 92.5 Å². The lowest BCUT2D eigenvalue weighted by Gasteiger charge is -2.17. The molecule has 2 rings (SSSR count). The number of sulfonamides is 1. The van der Waals surface area contributed by atoms with Gasteiger partial charge in [-0.3, -0.25) is 9.52 Å². The van der Waals surface area contributed by atoms with Crippen LogP contribution in [0.4, 0.5) is 11.4 Å². The summed E-state index contributed by atoms with van der Waals surface area (Å²) in [5, 5.41) is 0. The molecule has 1 heterocycles. The Morgan fingerprint density at radius 3 is 2.47 bits per heavy atom. The monoisotopic (exact) mass is 283 g/mol. The van der Waals surface area contributed by atoms with Crippen molar-refractivity contribution in [1.82, 2.24) is 0 Å². The van der Waals surface area contributed by atoms with Crippen molar-refractivity contribution in [3.63, 3.8) is 0 Å². The van der Waals surface area contributed by atoms with E-state index in [1.54, 1.807) is 29.2 Å². The van der Waals surface area contributed by atoms with Crippen molar-refractivity contribution in [3.05, 3.63) is 24.3 Å². The van der Waals surface area contributed by atoms with Crippen LogP contribution in [0.15, 0.2) is 24.3 Å². The molecule has 1 aliphatic heterocycles. The van der Waals surface area contributed by atoms with E-state index in [-0.39, 0.29) is 11.8 Å². The van der Waals surface area contributed by atoms with Crippen LogP contribution in [0, 0.1) is 5.92 Å². The highest BCUT2D eigenvalue weighted by molar-refractivity contribution is 7.92. The molecule has 1 aromatic rings. The summed E-state index contributed by atoms with van der Waals surface area (Å²) in [6.45, 7) is 1.12. The summed E-state index contributed by atoms with van der Waals surface area (Å²) in [6, 6.07) is 6.73. The summed E-state index contributed by atoms with van der Waals surface area (Å²) in [6.07, 6.45) is 1.57. The van der Waals surface area contributed by atoms with E-state index in [1.807, 2.05) is 0 Å². The maximum atomic E-state index is 11.8. The number of anilines is 2. The van der Waals surface area contributed by atoms with Crippen LogP contribution < -0.4 is 15.4 Å². The van der Waals surface area contributed by atoms with Gasteiger partial charge < -0.3 is 10.6 Å². The van der Waals surface area contributed by atoms with Crippen molar-refractivity contribution in [2.24, 2.45) is 11.7 Å². The third-order valence-electron chi connectivity index (χ3n) is 3.02. The number of hydrogen-bond acceptors (Lipinski definition) is 4. The molecule has 0 spiro atoms. The minimum atomic E-state index is -3.28. The third-order valence-corrected chi connectivity index (χ3v) is 3.63. The van der Waals surface area contributed by atoms with Gasteiger partial charge in [-0.25, -0.2) is 8.42 Å². The SMILES string of the molecule is CS(=O)(=O)Nc1ccc(N2CC(CN)CC2=O)cc1. The predicted molar refractivity (Wildman–Crippen MR) is 74.4 cm³/mol. The number of amides is 1. The second-order valence-corrected chi connectivity index (χ2v) is 6.48. The van der Waals surface area contributed by atoms with Gasteiger partial charge in [0, 0.05) is 24.3 Å². The fraction of sp³-hybridized carbons (Fsp3) is 0.417. The lowest BCUT2D eigenvalue weighted by molar-refractivity contribution is -0.117. The molecule has 0 aromatic heterocycles. The van der Waals surface area contributed by atoms with E-state index in [9.17, 15) is 13.2 Å². The highest BCUT2D eigenvalue weighted by Crippen LogP contribution is 2.25. The lowest BCUT2D eigenvalue weighted by atomic mass is 10.1. The maximum absolute atomic E-state index is 11.8. The molecule has 104 valence electrons. The van der Waals surface area contributed by atoms with Crippen molar-refractivity contribution < 1.29 is 13.2 Å². The molecule has 1 unspecified atom stereocenters. The Morgan fingerprint density at radius 2 is 2.00 bits per heavy atom. The predicted octanol–water partition coefficient (Wildman–Crippen LogP) is 0.370. The van der Waals surface area contributed by atoms with E-state index >= 15 is 0 Å². The molecule has 3 N–H and O–H groups in total. The van der Waals surface area contributed by atoms with Crippen LogP contribution in [0.25, 0.3) is 0 Å². The van der Waals surface area contributed by atoms with E-state index in [4.69, 9.17) is 5.73 Å². The minimum absolute atomic E-state index is 0.0549. The zero-order valence-corrected chi connectivity index (χ0v) is 11.5. The van der Waals surface area contributed by atoms with Crippen LogP contribution in [0.5, 0.6) is 0 Å². The normalized spacial score (nSPS) is 19.8. The number of benzene rings is 1. The van der Waals surface area contributed by atoms with Gasteiger partial charge in [-0.1, -0.05) is 0 Å². The van der Waals surface area contributed by atoms with E-state index < -0.39 is 10.0 Å². The number of carbonyl (C=O) groups is 1. The Kier molecular flexibility index (Phi) is 3.77. The van der Waals surface area contributed by atoms with E-state index in [2.05, 4.69) is 4.72 Å². The first-order chi connectivity index (χ1) is 8.89. The molecular formula is C12H17N3O3S. The van der Waals surface area contributed by atoms with Gasteiger partial charge in [0.15, 0.2) is 0 Å². The lowest BCUT2D eigenvalue weighted by Crippen LogP contribution is -2.25. The van der Waals surface area contributed by atoms with Crippen molar-refractivity contribution in [2.45, 2.75) is 6.42 Å². The molecule has 0 aliphatic carbocycles. The van der Waals surface area contributed by atoms with Crippen molar-refractivity contribution in [1.29, 1.82) is 0 Å². The molecule has 1 atom stereocenters. The van der Waals surface area contributed by atoms with Crippen LogP contribution in [-0.4, -0.2) is 33.7 Å². The second-order valence-electron chi connectivity index (χ2n) is 4.73. The smallest absolute Gasteiger partial charge is 0.229 e. The Hall–Kier alpha value is -1.60. The number of rotatable bonds is 4. The molecule has 0 bridgehead atoms. The largest absolute Gasteiger partial charge is 0.330 e. The molecule has 0 radical (unpaired) electrons. The molecule has 6 nitrogen and oxygen atoms in total. The van der Waals surface area contributed by atoms with Gasteiger partial charge in [0.05, 0.1) is 6.26 Å². The number of nitrogens with two attached hydrogens (primary N) is 1. The van der Waals surface area contributed by atoms with Crippen LogP contribution in [-0.2, 0) is 14.8 Å². The Morgan fingerprint density at radius 1 is 1.37 bits per heavy atom. The van der Waals surface area contributed by atoms with Crippen LogP contribution in [0.2, 0.25) is 0 Å². The first kappa shape index (κ1) is 13.8. The zero-order chi connectivity index (χ0) is 14.0. The average molecular weight is 283 g/mol. The molecule has 1 aliphatic rings. The minimum Gasteiger partial charge on any atom is -0.330 e. The number of hydrogen-bond donors (Lipinski definition) is 2. The summed E-state index contributed by atoms with van der Waals surface area (Å²) < 4.78 is 24.6. The standard InChI is InChI=1S/C12H17N3O3S/c1-19(17,18)14-10-2-4-11(5-3-10)15-8-9(7-13)6-12(15)16/h2-5,9,14H,6-8,13H2,1H3. The summed E-state index contributed by atoms with van der Waals surface area (Å²) >= 11 is 0. The van der Waals surface area contributed by atoms with Crippen LogP contribution in [0.1, 0.15) is 6.42 Å². The quantitative estimate of drug-likeness (QED) is 0.835. The first-order valence-electron chi connectivity index (χ1n) is 5.97. The van der Waals surface area contributed by atoms with Gasteiger partial charge in [-0.05, 0) is 36.7 Å². The molecule has 1 fully saturated rings. The Labute approximate surface area is 112 Å².